The lowest BCUT2D eigenvalue weighted by Crippen LogP contribution is -2.39. The fourth-order valence-corrected chi connectivity index (χ4v) is 2.51. The number of carbonyl (C=O) groups is 2. The van der Waals surface area contributed by atoms with Crippen molar-refractivity contribution in [3.63, 3.8) is 0 Å². The van der Waals surface area contributed by atoms with Gasteiger partial charge in [-0.15, -0.1) is 0 Å². The number of anilines is 1. The quantitative estimate of drug-likeness (QED) is 0.716. The van der Waals surface area contributed by atoms with Gasteiger partial charge < -0.3 is 15.7 Å². The van der Waals surface area contributed by atoms with E-state index in [4.69, 9.17) is 5.11 Å². The summed E-state index contributed by atoms with van der Waals surface area (Å²) in [6.07, 6.45) is 0.725. The first kappa shape index (κ1) is 18.4. The Kier molecular flexibility index (Phi) is 6.51. The van der Waals surface area contributed by atoms with Crippen LogP contribution in [0.1, 0.15) is 24.0 Å². The van der Waals surface area contributed by atoms with Gasteiger partial charge in [0.2, 0.25) is 0 Å². The molecule has 0 spiro atoms. The maximum Gasteiger partial charge on any atom is 0.319 e. The van der Waals surface area contributed by atoms with Gasteiger partial charge >= 0.3 is 12.0 Å². The van der Waals surface area contributed by atoms with Gasteiger partial charge in [0.1, 0.15) is 5.82 Å². The highest BCUT2D eigenvalue weighted by molar-refractivity contribution is 5.89. The second kappa shape index (κ2) is 8.82. The second-order valence-electron chi connectivity index (χ2n) is 5.85. The number of carboxylic acids is 1. The molecule has 0 aromatic heterocycles. The summed E-state index contributed by atoms with van der Waals surface area (Å²) < 4.78 is 14.0. The van der Waals surface area contributed by atoms with E-state index < -0.39 is 17.8 Å². The molecule has 2 aromatic carbocycles. The molecule has 0 fully saturated rings. The molecule has 0 radical (unpaired) electrons. The predicted molar refractivity (Wildman–Crippen MR) is 94.1 cm³/mol. The normalized spacial score (nSPS) is 11.6. The second-order valence-corrected chi connectivity index (χ2v) is 5.85. The first-order valence-corrected chi connectivity index (χ1v) is 8.04. The van der Waals surface area contributed by atoms with E-state index in [9.17, 15) is 14.0 Å². The van der Waals surface area contributed by atoms with E-state index in [0.717, 1.165) is 5.56 Å². The summed E-state index contributed by atoms with van der Waals surface area (Å²) in [5.41, 5.74) is 1.51. The third kappa shape index (κ3) is 5.91. The van der Waals surface area contributed by atoms with Gasteiger partial charge in [0.25, 0.3) is 0 Å². The first-order valence-electron chi connectivity index (χ1n) is 8.04. The number of amides is 2. The summed E-state index contributed by atoms with van der Waals surface area (Å²) in [6.45, 7) is 1.61. The Balaban J connectivity index is 2.02. The molecule has 2 rings (SSSR count). The van der Waals surface area contributed by atoms with Crippen LogP contribution in [0, 0.1) is 12.7 Å². The fourth-order valence-electron chi connectivity index (χ4n) is 2.51. The highest BCUT2D eigenvalue weighted by Gasteiger charge is 2.16. The molecule has 5 nitrogen and oxygen atoms in total. The van der Waals surface area contributed by atoms with Crippen molar-refractivity contribution in [3.05, 3.63) is 65.5 Å². The van der Waals surface area contributed by atoms with Crippen LogP contribution < -0.4 is 10.6 Å². The van der Waals surface area contributed by atoms with Crippen molar-refractivity contribution in [1.82, 2.24) is 5.32 Å². The van der Waals surface area contributed by atoms with Gasteiger partial charge in [-0.2, -0.15) is 0 Å². The highest BCUT2D eigenvalue weighted by atomic mass is 19.1. The van der Waals surface area contributed by atoms with Gasteiger partial charge in [-0.1, -0.05) is 42.5 Å². The summed E-state index contributed by atoms with van der Waals surface area (Å²) >= 11 is 0. The van der Waals surface area contributed by atoms with Crippen LogP contribution in [-0.2, 0) is 11.2 Å². The van der Waals surface area contributed by atoms with Crippen molar-refractivity contribution in [2.45, 2.75) is 32.2 Å². The number of rotatable bonds is 7. The van der Waals surface area contributed by atoms with Crippen LogP contribution in [0.2, 0.25) is 0 Å². The number of benzene rings is 2. The molecule has 1 atom stereocenters. The first-order chi connectivity index (χ1) is 12.0. The average molecular weight is 344 g/mol. The maximum absolute atomic E-state index is 14.0. The zero-order valence-electron chi connectivity index (χ0n) is 14.0. The van der Waals surface area contributed by atoms with Gasteiger partial charge in [0.05, 0.1) is 5.69 Å². The van der Waals surface area contributed by atoms with Gasteiger partial charge in [-0.05, 0) is 37.0 Å². The molecular formula is C19H21FN2O3. The van der Waals surface area contributed by atoms with E-state index in [1.165, 1.54) is 6.07 Å². The summed E-state index contributed by atoms with van der Waals surface area (Å²) in [5, 5.41) is 14.1. The predicted octanol–water partition coefficient (Wildman–Crippen LogP) is 3.73. The van der Waals surface area contributed by atoms with Crippen LogP contribution in [0.15, 0.2) is 48.5 Å². The summed E-state index contributed by atoms with van der Waals surface area (Å²) in [6, 6.07) is 13.3. The molecular weight excluding hydrogens is 323 g/mol. The average Bonchev–Trinajstić information content (AvgIpc) is 2.58. The molecule has 0 aliphatic heterocycles. The van der Waals surface area contributed by atoms with Crippen LogP contribution >= 0.6 is 0 Å². The molecule has 1 unspecified atom stereocenters. The molecule has 0 aliphatic carbocycles. The minimum absolute atomic E-state index is 0.0589. The number of urea groups is 1. The zero-order valence-corrected chi connectivity index (χ0v) is 14.0. The van der Waals surface area contributed by atoms with Crippen LogP contribution in [-0.4, -0.2) is 23.1 Å². The monoisotopic (exact) mass is 344 g/mol. The van der Waals surface area contributed by atoms with Crippen molar-refractivity contribution in [3.8, 4) is 0 Å². The van der Waals surface area contributed by atoms with E-state index in [0.29, 0.717) is 12.0 Å². The van der Waals surface area contributed by atoms with Crippen LogP contribution in [0.25, 0.3) is 0 Å². The molecule has 3 N–H and O–H groups in total. The van der Waals surface area contributed by atoms with Gasteiger partial charge in [-0.25, -0.2) is 9.18 Å². The van der Waals surface area contributed by atoms with Crippen LogP contribution in [0.5, 0.6) is 0 Å². The van der Waals surface area contributed by atoms with Crippen molar-refractivity contribution in [1.29, 1.82) is 0 Å². The summed E-state index contributed by atoms with van der Waals surface area (Å²) in [7, 11) is 0. The zero-order chi connectivity index (χ0) is 18.2. The number of hydrogen-bond donors (Lipinski definition) is 3. The minimum atomic E-state index is -0.926. The Morgan fingerprint density at radius 2 is 1.84 bits per heavy atom. The number of aliphatic carboxylic acids is 1. The number of nitrogens with one attached hydrogen (secondary N) is 2. The van der Waals surface area contributed by atoms with Gasteiger partial charge in [0, 0.05) is 12.5 Å². The van der Waals surface area contributed by atoms with E-state index >= 15 is 0 Å². The Hall–Kier alpha value is -2.89. The fraction of sp³-hybridized carbons (Fsp3) is 0.263. The summed E-state index contributed by atoms with van der Waals surface area (Å²) in [4.78, 5) is 23.0. The number of carbonyl (C=O) groups excluding carboxylic acids is 1. The van der Waals surface area contributed by atoms with Gasteiger partial charge in [-0.3, -0.25) is 4.79 Å². The molecule has 2 aromatic rings. The molecule has 0 heterocycles. The molecule has 0 aliphatic rings. The smallest absolute Gasteiger partial charge is 0.319 e. The topological polar surface area (TPSA) is 78.4 Å². The molecule has 25 heavy (non-hydrogen) atoms. The van der Waals surface area contributed by atoms with Gasteiger partial charge in [0.15, 0.2) is 0 Å². The van der Waals surface area contributed by atoms with E-state index in [1.54, 1.807) is 19.1 Å². The number of aryl methyl sites for hydroxylation is 1. The number of hydrogen-bond acceptors (Lipinski definition) is 2. The standard InChI is InChI=1S/C19H21FN2O3/c1-13-6-5-9-16(18(13)20)22-19(25)21-15(10-11-17(23)24)12-14-7-3-2-4-8-14/h2-9,15H,10-12H2,1H3,(H,23,24)(H2,21,22,25). The molecule has 6 heteroatoms. The Morgan fingerprint density at radius 1 is 1.12 bits per heavy atom. The Morgan fingerprint density at radius 3 is 2.52 bits per heavy atom. The lowest BCUT2D eigenvalue weighted by molar-refractivity contribution is -0.137. The molecule has 0 saturated carbocycles. The molecule has 0 saturated heterocycles. The Bertz CT molecular complexity index is 735. The van der Waals surface area contributed by atoms with Crippen LogP contribution in [0.3, 0.4) is 0 Å². The number of carboxylic acid groups (broad SMARTS) is 1. The molecule has 132 valence electrons. The summed E-state index contributed by atoms with van der Waals surface area (Å²) in [5.74, 6) is -1.41. The third-order valence-electron chi connectivity index (χ3n) is 3.81. The Labute approximate surface area is 145 Å². The molecule has 2 amide bonds. The lowest BCUT2D eigenvalue weighted by Gasteiger charge is -2.19. The SMILES string of the molecule is Cc1cccc(NC(=O)NC(CCC(=O)O)Cc2ccccc2)c1F. The van der Waals surface area contributed by atoms with Crippen LogP contribution in [0.4, 0.5) is 14.9 Å². The van der Waals surface area contributed by atoms with Crippen molar-refractivity contribution >= 4 is 17.7 Å². The minimum Gasteiger partial charge on any atom is -0.481 e. The maximum atomic E-state index is 14.0. The lowest BCUT2D eigenvalue weighted by atomic mass is 10.0. The molecule has 0 bridgehead atoms. The van der Waals surface area contributed by atoms with Crippen molar-refractivity contribution in [2.24, 2.45) is 0 Å². The number of halogens is 1. The van der Waals surface area contributed by atoms with E-state index in [1.807, 2.05) is 30.3 Å². The largest absolute Gasteiger partial charge is 0.481 e. The third-order valence-corrected chi connectivity index (χ3v) is 3.81. The van der Waals surface area contributed by atoms with Crippen molar-refractivity contribution in [2.75, 3.05) is 5.32 Å². The highest BCUT2D eigenvalue weighted by Crippen LogP contribution is 2.17. The van der Waals surface area contributed by atoms with E-state index in [-0.39, 0.29) is 24.6 Å². The van der Waals surface area contributed by atoms with Crippen molar-refractivity contribution < 1.29 is 19.1 Å². The van der Waals surface area contributed by atoms with E-state index in [2.05, 4.69) is 10.6 Å².